The molecule has 0 saturated heterocycles. The average molecular weight is 334 g/mol. The number of nitrogens with one attached hydrogen (secondary N) is 1. The maximum absolute atomic E-state index is 11.5. The molecule has 1 aromatic carbocycles. The zero-order valence-corrected chi connectivity index (χ0v) is 11.9. The normalized spacial score (nSPS) is 11.5. The molecule has 1 rings (SSSR count). The van der Waals surface area contributed by atoms with Crippen molar-refractivity contribution in [3.05, 3.63) is 28.2 Å². The van der Waals surface area contributed by atoms with E-state index in [9.17, 15) is 24.6 Å². The van der Waals surface area contributed by atoms with Gasteiger partial charge in [0.1, 0.15) is 5.75 Å². The van der Waals surface area contributed by atoms with Crippen LogP contribution in [-0.2, 0) is 14.4 Å². The summed E-state index contributed by atoms with van der Waals surface area (Å²) in [4.78, 5) is 32.5. The number of aliphatic carboxylic acids is 2. The Morgan fingerprint density at radius 2 is 1.90 bits per heavy atom. The van der Waals surface area contributed by atoms with Gasteiger partial charge in [-0.1, -0.05) is 23.2 Å². The van der Waals surface area contributed by atoms with E-state index in [0.29, 0.717) is 5.02 Å². The summed E-state index contributed by atoms with van der Waals surface area (Å²) in [6.45, 7) is -0.557. The highest BCUT2D eigenvalue weighted by Gasteiger charge is 2.14. The first kappa shape index (κ1) is 17.1. The van der Waals surface area contributed by atoms with E-state index in [2.05, 4.69) is 0 Å². The minimum absolute atomic E-state index is 0.168. The molecule has 0 aliphatic carbocycles. The molecule has 1 aromatic rings. The molecular formula is C12H9Cl2NO6-2. The zero-order valence-electron chi connectivity index (χ0n) is 10.4. The standard InChI is InChI=1S/C12H11Cl2NO6/c13-6-1-2-9(7(14)3-6)21-5-10(16)15-8(12(19)20)4-11(17)18/h1-3,8H,4-5H2,(H,15,16)(H,17,18)(H,19,20)/p-2/t8-/m1/s1. The quantitative estimate of drug-likeness (QED) is 0.665. The molecule has 0 bridgehead atoms. The lowest BCUT2D eigenvalue weighted by Crippen LogP contribution is -2.51. The molecule has 0 spiro atoms. The van der Waals surface area contributed by atoms with Gasteiger partial charge in [0.05, 0.1) is 17.0 Å². The Labute approximate surface area is 129 Å². The molecule has 21 heavy (non-hydrogen) atoms. The predicted octanol–water partition coefficient (Wildman–Crippen LogP) is -1.25. The summed E-state index contributed by atoms with van der Waals surface area (Å²) in [5, 5.41) is 23.5. The Bertz CT molecular complexity index is 563. The molecule has 0 saturated carbocycles. The molecule has 0 radical (unpaired) electrons. The van der Waals surface area contributed by atoms with Crippen LogP contribution in [0.5, 0.6) is 5.75 Å². The Balaban J connectivity index is 2.56. The lowest BCUT2D eigenvalue weighted by molar-refractivity contribution is -0.317. The summed E-state index contributed by atoms with van der Waals surface area (Å²) < 4.78 is 5.06. The molecule has 0 unspecified atom stereocenters. The average Bonchev–Trinajstić information content (AvgIpc) is 2.36. The van der Waals surface area contributed by atoms with Crippen LogP contribution in [0.25, 0.3) is 0 Å². The maximum Gasteiger partial charge on any atom is 0.258 e. The van der Waals surface area contributed by atoms with Crippen LogP contribution in [0.15, 0.2) is 18.2 Å². The van der Waals surface area contributed by atoms with Gasteiger partial charge in [-0.05, 0) is 18.2 Å². The second kappa shape index (κ2) is 7.70. The highest BCUT2D eigenvalue weighted by atomic mass is 35.5. The molecule has 0 aliphatic heterocycles. The summed E-state index contributed by atoms with van der Waals surface area (Å²) in [6.07, 6.45) is -0.907. The Morgan fingerprint density at radius 3 is 2.43 bits per heavy atom. The maximum atomic E-state index is 11.5. The summed E-state index contributed by atoms with van der Waals surface area (Å²) in [5.41, 5.74) is 0. The number of rotatable bonds is 7. The van der Waals surface area contributed by atoms with Gasteiger partial charge in [-0.2, -0.15) is 0 Å². The second-order valence-corrected chi connectivity index (χ2v) is 4.72. The van der Waals surface area contributed by atoms with E-state index in [-0.39, 0.29) is 10.8 Å². The van der Waals surface area contributed by atoms with E-state index in [0.717, 1.165) is 0 Å². The van der Waals surface area contributed by atoms with Crippen LogP contribution in [0.2, 0.25) is 10.0 Å². The number of amides is 1. The largest absolute Gasteiger partial charge is 0.550 e. The van der Waals surface area contributed by atoms with Crippen molar-refractivity contribution in [2.45, 2.75) is 12.5 Å². The van der Waals surface area contributed by atoms with E-state index < -0.39 is 36.9 Å². The monoisotopic (exact) mass is 333 g/mol. The number of benzene rings is 1. The zero-order chi connectivity index (χ0) is 16.0. The van der Waals surface area contributed by atoms with Crippen LogP contribution in [-0.4, -0.2) is 30.5 Å². The molecule has 1 amide bonds. The first-order valence-corrected chi connectivity index (χ1v) is 6.33. The smallest absolute Gasteiger partial charge is 0.258 e. The van der Waals surface area contributed by atoms with Gasteiger partial charge in [0.2, 0.25) is 0 Å². The van der Waals surface area contributed by atoms with Crippen molar-refractivity contribution in [2.24, 2.45) is 0 Å². The Kier molecular flexibility index (Phi) is 6.26. The van der Waals surface area contributed by atoms with Gasteiger partial charge in [0.25, 0.3) is 5.91 Å². The van der Waals surface area contributed by atoms with E-state index >= 15 is 0 Å². The molecule has 0 aromatic heterocycles. The predicted molar refractivity (Wildman–Crippen MR) is 68.5 cm³/mol. The minimum atomic E-state index is -1.74. The van der Waals surface area contributed by atoms with Crippen molar-refractivity contribution in [1.82, 2.24) is 5.32 Å². The van der Waals surface area contributed by atoms with Crippen molar-refractivity contribution in [3.63, 3.8) is 0 Å². The van der Waals surface area contributed by atoms with Gasteiger partial charge >= 0.3 is 0 Å². The van der Waals surface area contributed by atoms with Crippen LogP contribution < -0.4 is 20.3 Å². The number of hydrogen-bond acceptors (Lipinski definition) is 6. The van der Waals surface area contributed by atoms with E-state index in [1.54, 1.807) is 0 Å². The first-order valence-electron chi connectivity index (χ1n) is 5.57. The number of ether oxygens (including phenoxy) is 1. The fourth-order valence-corrected chi connectivity index (χ4v) is 1.79. The van der Waals surface area contributed by atoms with Gasteiger partial charge < -0.3 is 29.9 Å². The van der Waals surface area contributed by atoms with Gasteiger partial charge in [-0.25, -0.2) is 0 Å². The fourth-order valence-electron chi connectivity index (χ4n) is 1.33. The number of hydrogen-bond donors (Lipinski definition) is 1. The molecule has 1 N–H and O–H groups in total. The third-order valence-corrected chi connectivity index (χ3v) is 2.77. The molecule has 0 aliphatic rings. The minimum Gasteiger partial charge on any atom is -0.550 e. The lowest BCUT2D eigenvalue weighted by atomic mass is 10.2. The Hall–Kier alpha value is -1.99. The lowest BCUT2D eigenvalue weighted by Gasteiger charge is -2.20. The molecule has 7 nitrogen and oxygen atoms in total. The molecule has 9 heteroatoms. The summed E-state index contributed by atoms with van der Waals surface area (Å²) in [5.74, 6) is -4.05. The SMILES string of the molecule is O=C([O-])C[C@@H](NC(=O)COc1ccc(Cl)cc1Cl)C(=O)[O-]. The Morgan fingerprint density at radius 1 is 1.24 bits per heavy atom. The summed E-state index contributed by atoms with van der Waals surface area (Å²) >= 11 is 11.5. The first-order chi connectivity index (χ1) is 9.79. The highest BCUT2D eigenvalue weighted by Crippen LogP contribution is 2.27. The molecular weight excluding hydrogens is 325 g/mol. The third kappa shape index (κ3) is 5.88. The number of halogens is 2. The van der Waals surface area contributed by atoms with Crippen LogP contribution in [0, 0.1) is 0 Å². The van der Waals surface area contributed by atoms with Crippen molar-refractivity contribution in [2.75, 3.05) is 6.61 Å². The molecule has 0 heterocycles. The highest BCUT2D eigenvalue weighted by molar-refractivity contribution is 6.35. The van der Waals surface area contributed by atoms with Crippen molar-refractivity contribution in [1.29, 1.82) is 0 Å². The van der Waals surface area contributed by atoms with Gasteiger partial charge in [0, 0.05) is 17.4 Å². The van der Waals surface area contributed by atoms with Gasteiger partial charge in [-0.15, -0.1) is 0 Å². The van der Waals surface area contributed by atoms with Gasteiger partial charge in [-0.3, -0.25) is 4.79 Å². The van der Waals surface area contributed by atoms with Crippen molar-refractivity contribution < 1.29 is 29.3 Å². The number of carboxylic acids is 2. The van der Waals surface area contributed by atoms with E-state index in [4.69, 9.17) is 27.9 Å². The van der Waals surface area contributed by atoms with Crippen molar-refractivity contribution >= 4 is 41.0 Å². The molecule has 1 atom stereocenters. The topological polar surface area (TPSA) is 119 Å². The number of carbonyl (C=O) groups is 3. The van der Waals surface area contributed by atoms with E-state index in [1.807, 2.05) is 5.32 Å². The molecule has 114 valence electrons. The second-order valence-electron chi connectivity index (χ2n) is 3.88. The third-order valence-electron chi connectivity index (χ3n) is 2.24. The summed E-state index contributed by atoms with van der Waals surface area (Å²) in [6, 6.07) is 2.61. The van der Waals surface area contributed by atoms with Crippen LogP contribution in [0.1, 0.15) is 6.42 Å². The summed E-state index contributed by atoms with van der Waals surface area (Å²) in [7, 11) is 0. The van der Waals surface area contributed by atoms with Gasteiger partial charge in [0.15, 0.2) is 6.61 Å². The van der Waals surface area contributed by atoms with Crippen LogP contribution in [0.4, 0.5) is 0 Å². The fraction of sp³-hybridized carbons (Fsp3) is 0.250. The van der Waals surface area contributed by atoms with Crippen LogP contribution >= 0.6 is 23.2 Å². The number of carbonyl (C=O) groups excluding carboxylic acids is 3. The van der Waals surface area contributed by atoms with Crippen LogP contribution in [0.3, 0.4) is 0 Å². The molecule has 0 fully saturated rings. The van der Waals surface area contributed by atoms with Crippen molar-refractivity contribution in [3.8, 4) is 5.75 Å². The number of carboxylic acid groups (broad SMARTS) is 2. The van der Waals surface area contributed by atoms with E-state index in [1.165, 1.54) is 18.2 Å².